The summed E-state index contributed by atoms with van der Waals surface area (Å²) >= 11 is 0. The van der Waals surface area contributed by atoms with Crippen LogP contribution in [-0.4, -0.2) is 34.0 Å². The van der Waals surface area contributed by atoms with Crippen molar-refractivity contribution >= 4 is 21.7 Å². The van der Waals surface area contributed by atoms with Crippen LogP contribution in [0.5, 0.6) is 0 Å². The maximum atomic E-state index is 12.2. The fraction of sp³-hybridized carbons (Fsp3) is 0.350. The second-order valence-electron chi connectivity index (χ2n) is 6.55. The van der Waals surface area contributed by atoms with Gasteiger partial charge < -0.3 is 10.6 Å². The zero-order chi connectivity index (χ0) is 19.1. The van der Waals surface area contributed by atoms with Gasteiger partial charge in [-0.3, -0.25) is 4.99 Å². The molecule has 2 aromatic rings. The third-order valence-corrected chi connectivity index (χ3v) is 5.83. The summed E-state index contributed by atoms with van der Waals surface area (Å²) in [5.41, 5.74) is 3.23. The molecular formula is C20H26N4O2S. The Labute approximate surface area is 161 Å². The summed E-state index contributed by atoms with van der Waals surface area (Å²) in [6.45, 7) is 4.19. The Bertz CT molecular complexity index is 875. The van der Waals surface area contributed by atoms with E-state index in [0.29, 0.717) is 11.4 Å². The van der Waals surface area contributed by atoms with Gasteiger partial charge in [-0.15, -0.1) is 0 Å². The van der Waals surface area contributed by atoms with Gasteiger partial charge in [0.1, 0.15) is 0 Å². The predicted octanol–water partition coefficient (Wildman–Crippen LogP) is 2.73. The molecule has 0 spiro atoms. The molecular weight excluding hydrogens is 360 g/mol. The number of unbranched alkanes of at least 4 members (excludes halogenated alkanes) is 1. The molecule has 144 valence electrons. The van der Waals surface area contributed by atoms with E-state index in [1.54, 1.807) is 12.1 Å². The molecule has 0 saturated carbocycles. The molecule has 0 bridgehead atoms. The molecule has 1 aliphatic heterocycles. The zero-order valence-corrected chi connectivity index (χ0v) is 16.3. The highest BCUT2D eigenvalue weighted by atomic mass is 32.2. The number of guanidine groups is 1. The number of sulfonamides is 1. The Balaban J connectivity index is 1.59. The summed E-state index contributed by atoms with van der Waals surface area (Å²) < 4.78 is 27.1. The van der Waals surface area contributed by atoms with Crippen LogP contribution in [0.1, 0.15) is 30.9 Å². The molecule has 27 heavy (non-hydrogen) atoms. The number of hydrogen-bond donors (Lipinski definition) is 3. The first kappa shape index (κ1) is 19.4. The van der Waals surface area contributed by atoms with Gasteiger partial charge in [0.05, 0.1) is 11.4 Å². The smallest absolute Gasteiger partial charge is 0.240 e. The molecule has 2 aromatic carbocycles. The monoisotopic (exact) mass is 386 g/mol. The number of hydrogen-bond acceptors (Lipinski definition) is 5. The van der Waals surface area contributed by atoms with E-state index in [1.807, 2.05) is 31.2 Å². The highest BCUT2D eigenvalue weighted by Crippen LogP contribution is 2.16. The number of benzene rings is 2. The van der Waals surface area contributed by atoms with Crippen molar-refractivity contribution in [3.63, 3.8) is 0 Å². The minimum atomic E-state index is -3.41. The van der Waals surface area contributed by atoms with Crippen molar-refractivity contribution in [2.75, 3.05) is 25.0 Å². The van der Waals surface area contributed by atoms with Gasteiger partial charge in [0.15, 0.2) is 5.96 Å². The quantitative estimate of drug-likeness (QED) is 0.609. The van der Waals surface area contributed by atoms with Crippen LogP contribution >= 0.6 is 0 Å². The molecule has 0 radical (unpaired) electrons. The van der Waals surface area contributed by atoms with Gasteiger partial charge in [-0.2, -0.15) is 0 Å². The molecule has 0 amide bonds. The van der Waals surface area contributed by atoms with Gasteiger partial charge in [0.2, 0.25) is 10.0 Å². The van der Waals surface area contributed by atoms with E-state index in [4.69, 9.17) is 0 Å². The first-order valence-electron chi connectivity index (χ1n) is 9.30. The molecule has 7 heteroatoms. The van der Waals surface area contributed by atoms with Crippen LogP contribution in [0.25, 0.3) is 0 Å². The molecule has 0 atom stereocenters. The standard InChI is InChI=1S/C20H26N4O2S/c1-2-3-12-23-27(25,26)19-10-6-17(7-11-19)15-16-4-8-18(9-5-16)24-20-21-13-14-22-20/h4-11,23H,2-3,12-15H2,1H3,(H2,21,22,24). The number of nitrogens with zero attached hydrogens (tertiary/aromatic N) is 1. The zero-order valence-electron chi connectivity index (χ0n) is 15.5. The molecule has 3 rings (SSSR count). The van der Waals surface area contributed by atoms with Gasteiger partial charge in [-0.25, -0.2) is 13.1 Å². The van der Waals surface area contributed by atoms with Crippen LogP contribution in [0.4, 0.5) is 5.69 Å². The van der Waals surface area contributed by atoms with Gasteiger partial charge in [-0.05, 0) is 48.2 Å². The largest absolute Gasteiger partial charge is 0.354 e. The van der Waals surface area contributed by atoms with Gasteiger partial charge in [-0.1, -0.05) is 37.6 Å². The van der Waals surface area contributed by atoms with E-state index in [0.717, 1.165) is 49.6 Å². The molecule has 0 aromatic heterocycles. The minimum Gasteiger partial charge on any atom is -0.354 e. The molecule has 0 saturated heterocycles. The van der Waals surface area contributed by atoms with E-state index in [1.165, 1.54) is 5.56 Å². The van der Waals surface area contributed by atoms with Crippen molar-refractivity contribution in [2.24, 2.45) is 4.99 Å². The summed E-state index contributed by atoms with van der Waals surface area (Å²) in [5, 5.41) is 6.42. The van der Waals surface area contributed by atoms with Crippen molar-refractivity contribution < 1.29 is 8.42 Å². The van der Waals surface area contributed by atoms with Crippen molar-refractivity contribution in [3.8, 4) is 0 Å². The Kier molecular flexibility index (Phi) is 6.47. The van der Waals surface area contributed by atoms with E-state index < -0.39 is 10.0 Å². The lowest BCUT2D eigenvalue weighted by atomic mass is 10.0. The normalized spacial score (nSPS) is 13.9. The van der Waals surface area contributed by atoms with Crippen molar-refractivity contribution in [1.82, 2.24) is 10.0 Å². The van der Waals surface area contributed by atoms with E-state index in [9.17, 15) is 8.42 Å². The number of nitrogens with one attached hydrogen (secondary N) is 3. The molecule has 0 unspecified atom stereocenters. The Morgan fingerprint density at radius 2 is 1.70 bits per heavy atom. The lowest BCUT2D eigenvalue weighted by Crippen LogP contribution is -2.26. The van der Waals surface area contributed by atoms with Crippen molar-refractivity contribution in [2.45, 2.75) is 31.1 Å². The third kappa shape index (κ3) is 5.55. The first-order valence-corrected chi connectivity index (χ1v) is 10.8. The summed E-state index contributed by atoms with van der Waals surface area (Å²) in [6, 6.07) is 15.3. The maximum absolute atomic E-state index is 12.2. The summed E-state index contributed by atoms with van der Waals surface area (Å²) in [6.07, 6.45) is 2.55. The molecule has 1 heterocycles. The third-order valence-electron chi connectivity index (χ3n) is 4.36. The lowest BCUT2D eigenvalue weighted by molar-refractivity contribution is 0.578. The predicted molar refractivity (Wildman–Crippen MR) is 110 cm³/mol. The van der Waals surface area contributed by atoms with E-state index in [-0.39, 0.29) is 0 Å². The summed E-state index contributed by atoms with van der Waals surface area (Å²) in [5.74, 6) is 0.812. The molecule has 0 fully saturated rings. The fourth-order valence-electron chi connectivity index (χ4n) is 2.81. The highest BCUT2D eigenvalue weighted by Gasteiger charge is 2.12. The maximum Gasteiger partial charge on any atom is 0.240 e. The first-order chi connectivity index (χ1) is 13.1. The van der Waals surface area contributed by atoms with Crippen LogP contribution < -0.4 is 15.4 Å². The van der Waals surface area contributed by atoms with Crippen LogP contribution in [0, 0.1) is 0 Å². The second-order valence-corrected chi connectivity index (χ2v) is 8.32. The highest BCUT2D eigenvalue weighted by molar-refractivity contribution is 7.89. The van der Waals surface area contributed by atoms with Crippen LogP contribution in [0.2, 0.25) is 0 Å². The number of anilines is 1. The van der Waals surface area contributed by atoms with E-state index >= 15 is 0 Å². The van der Waals surface area contributed by atoms with Gasteiger partial charge >= 0.3 is 0 Å². The molecule has 1 aliphatic rings. The molecule has 6 nitrogen and oxygen atoms in total. The average Bonchev–Trinajstić information content (AvgIpc) is 3.17. The van der Waals surface area contributed by atoms with E-state index in [2.05, 4.69) is 32.5 Å². The van der Waals surface area contributed by atoms with Crippen molar-refractivity contribution in [1.29, 1.82) is 0 Å². The Morgan fingerprint density at radius 1 is 1.04 bits per heavy atom. The van der Waals surface area contributed by atoms with Gasteiger partial charge in [0.25, 0.3) is 0 Å². The number of aliphatic imine (C=N–C) groups is 1. The molecule has 0 aliphatic carbocycles. The van der Waals surface area contributed by atoms with Crippen LogP contribution in [-0.2, 0) is 16.4 Å². The number of rotatable bonds is 8. The fourth-order valence-corrected chi connectivity index (χ4v) is 3.89. The minimum absolute atomic E-state index is 0.312. The second kappa shape index (κ2) is 9.01. The molecule has 3 N–H and O–H groups in total. The summed E-state index contributed by atoms with van der Waals surface area (Å²) in [7, 11) is -3.41. The lowest BCUT2D eigenvalue weighted by Gasteiger charge is -2.09. The average molecular weight is 387 g/mol. The Morgan fingerprint density at radius 3 is 2.30 bits per heavy atom. The summed E-state index contributed by atoms with van der Waals surface area (Å²) in [4.78, 5) is 4.62. The van der Waals surface area contributed by atoms with Gasteiger partial charge in [0, 0.05) is 18.8 Å². The van der Waals surface area contributed by atoms with Crippen LogP contribution in [0.15, 0.2) is 58.4 Å². The topological polar surface area (TPSA) is 82.6 Å². The van der Waals surface area contributed by atoms with Crippen molar-refractivity contribution in [3.05, 3.63) is 59.7 Å². The SMILES string of the molecule is CCCCNS(=O)(=O)c1ccc(Cc2ccc(NC3=NCCN3)cc2)cc1. The Hall–Kier alpha value is -2.38. The van der Waals surface area contributed by atoms with Crippen LogP contribution in [0.3, 0.4) is 0 Å².